The Morgan fingerprint density at radius 1 is 1.00 bits per heavy atom. The molecule has 2 N–H and O–H groups in total. The van der Waals surface area contributed by atoms with Crippen molar-refractivity contribution in [3.8, 4) is 22.9 Å². The van der Waals surface area contributed by atoms with Crippen molar-refractivity contribution in [2.45, 2.75) is 6.18 Å². The molecule has 0 radical (unpaired) electrons. The van der Waals surface area contributed by atoms with Crippen molar-refractivity contribution in [3.63, 3.8) is 0 Å². The molecule has 0 amide bonds. The Hall–Kier alpha value is -3.99. The van der Waals surface area contributed by atoms with Gasteiger partial charge in [-0.2, -0.15) is 18.2 Å². The zero-order chi connectivity index (χ0) is 23.7. The third-order valence-corrected chi connectivity index (χ3v) is 5.29. The van der Waals surface area contributed by atoms with E-state index >= 15 is 0 Å². The number of hydrogen-bond acceptors (Lipinski definition) is 8. The molecule has 0 spiro atoms. The van der Waals surface area contributed by atoms with Crippen molar-refractivity contribution in [1.82, 2.24) is 19.9 Å². The highest BCUT2D eigenvalue weighted by Gasteiger charge is 2.35. The molecular formula is C23H19F3N6O2. The van der Waals surface area contributed by atoms with Crippen LogP contribution in [0.2, 0.25) is 0 Å². The van der Waals surface area contributed by atoms with Gasteiger partial charge in [-0.3, -0.25) is 4.98 Å². The molecule has 0 saturated carbocycles. The molecular weight excluding hydrogens is 449 g/mol. The third-order valence-electron chi connectivity index (χ3n) is 5.29. The molecule has 11 heteroatoms. The summed E-state index contributed by atoms with van der Waals surface area (Å²) in [5.74, 6) is 0.562. The van der Waals surface area contributed by atoms with Crippen molar-refractivity contribution in [3.05, 3.63) is 60.4 Å². The minimum atomic E-state index is -4.65. The lowest BCUT2D eigenvalue weighted by Crippen LogP contribution is -2.37. The summed E-state index contributed by atoms with van der Waals surface area (Å²) in [5.41, 5.74) is 5.19. The molecule has 4 heterocycles. The fourth-order valence-corrected chi connectivity index (χ4v) is 3.66. The highest BCUT2D eigenvalue weighted by Crippen LogP contribution is 2.38. The normalized spacial score (nSPS) is 14.4. The summed E-state index contributed by atoms with van der Waals surface area (Å²) < 4.78 is 52.7. The maximum absolute atomic E-state index is 13.8. The largest absolute Gasteiger partial charge is 0.439 e. The molecule has 3 aromatic heterocycles. The highest BCUT2D eigenvalue weighted by molar-refractivity contribution is 5.80. The number of morpholine rings is 1. The van der Waals surface area contributed by atoms with E-state index in [9.17, 15) is 13.2 Å². The lowest BCUT2D eigenvalue weighted by molar-refractivity contribution is -0.137. The first-order valence-corrected chi connectivity index (χ1v) is 10.4. The van der Waals surface area contributed by atoms with Gasteiger partial charge in [-0.25, -0.2) is 9.97 Å². The summed E-state index contributed by atoms with van der Waals surface area (Å²) >= 11 is 0. The van der Waals surface area contributed by atoms with Crippen LogP contribution in [-0.4, -0.2) is 46.2 Å². The van der Waals surface area contributed by atoms with E-state index in [-0.39, 0.29) is 28.9 Å². The first-order chi connectivity index (χ1) is 16.4. The Morgan fingerprint density at radius 2 is 1.82 bits per heavy atom. The zero-order valence-corrected chi connectivity index (χ0v) is 17.8. The van der Waals surface area contributed by atoms with E-state index in [1.54, 1.807) is 30.5 Å². The molecule has 0 atom stereocenters. The molecule has 1 aliphatic rings. The second-order valence-corrected chi connectivity index (χ2v) is 7.60. The predicted octanol–water partition coefficient (Wildman–Crippen LogP) is 4.32. The van der Waals surface area contributed by atoms with Crippen LogP contribution < -0.4 is 15.4 Å². The summed E-state index contributed by atoms with van der Waals surface area (Å²) in [4.78, 5) is 18.8. The van der Waals surface area contributed by atoms with Crippen LogP contribution in [0.1, 0.15) is 5.56 Å². The number of hydrogen-bond donors (Lipinski definition) is 1. The monoisotopic (exact) mass is 468 g/mol. The van der Waals surface area contributed by atoms with Crippen LogP contribution in [0.3, 0.4) is 0 Å². The van der Waals surface area contributed by atoms with Gasteiger partial charge in [0.25, 0.3) is 0 Å². The number of rotatable bonds is 4. The van der Waals surface area contributed by atoms with E-state index in [0.717, 1.165) is 23.2 Å². The van der Waals surface area contributed by atoms with Gasteiger partial charge in [0.2, 0.25) is 11.8 Å². The highest BCUT2D eigenvalue weighted by atomic mass is 19.4. The summed E-state index contributed by atoms with van der Waals surface area (Å²) in [5, 5.41) is 0.852. The second kappa shape index (κ2) is 8.75. The van der Waals surface area contributed by atoms with Gasteiger partial charge in [-0.15, -0.1) is 0 Å². The maximum atomic E-state index is 13.8. The van der Waals surface area contributed by atoms with E-state index in [1.165, 1.54) is 6.07 Å². The van der Waals surface area contributed by atoms with Crippen LogP contribution in [0.4, 0.5) is 24.9 Å². The number of nitrogens with two attached hydrogens (primary N) is 1. The molecule has 34 heavy (non-hydrogen) atoms. The molecule has 0 aliphatic carbocycles. The SMILES string of the molecule is Nc1cc(C(F)(F)F)c(-c2cc(Oc3ccc4ncccc4c3)nc(N3CCOCC3)n2)cn1. The average Bonchev–Trinajstić information content (AvgIpc) is 2.84. The first-order valence-electron chi connectivity index (χ1n) is 10.4. The van der Waals surface area contributed by atoms with Crippen molar-refractivity contribution < 1.29 is 22.6 Å². The molecule has 1 aromatic carbocycles. The number of alkyl halides is 3. The molecule has 1 saturated heterocycles. The van der Waals surface area contributed by atoms with Gasteiger partial charge in [-0.1, -0.05) is 6.07 Å². The summed E-state index contributed by atoms with van der Waals surface area (Å²) in [6, 6.07) is 11.1. The number of aromatic nitrogens is 4. The van der Waals surface area contributed by atoms with E-state index < -0.39 is 11.7 Å². The number of halogens is 3. The fraction of sp³-hybridized carbons (Fsp3) is 0.217. The van der Waals surface area contributed by atoms with Crippen molar-refractivity contribution >= 4 is 22.7 Å². The van der Waals surface area contributed by atoms with E-state index in [0.29, 0.717) is 32.1 Å². The molecule has 4 aromatic rings. The Labute approximate surface area is 192 Å². The van der Waals surface area contributed by atoms with Crippen LogP contribution >= 0.6 is 0 Å². The molecule has 174 valence electrons. The summed E-state index contributed by atoms with van der Waals surface area (Å²) in [7, 11) is 0. The van der Waals surface area contributed by atoms with Crippen LogP contribution in [-0.2, 0) is 10.9 Å². The Bertz CT molecular complexity index is 1340. The zero-order valence-electron chi connectivity index (χ0n) is 17.8. The van der Waals surface area contributed by atoms with Gasteiger partial charge in [-0.05, 0) is 30.3 Å². The Morgan fingerprint density at radius 3 is 2.62 bits per heavy atom. The van der Waals surface area contributed by atoms with Crippen LogP contribution in [0.5, 0.6) is 11.6 Å². The number of nitrogen functional groups attached to an aromatic ring is 1. The van der Waals surface area contributed by atoms with Gasteiger partial charge in [0.15, 0.2) is 0 Å². The lowest BCUT2D eigenvalue weighted by Gasteiger charge is -2.27. The van der Waals surface area contributed by atoms with Gasteiger partial charge in [0.1, 0.15) is 11.6 Å². The lowest BCUT2D eigenvalue weighted by atomic mass is 10.1. The third kappa shape index (κ3) is 4.55. The van der Waals surface area contributed by atoms with E-state index in [1.807, 2.05) is 11.0 Å². The number of benzene rings is 1. The minimum Gasteiger partial charge on any atom is -0.439 e. The standard InChI is InChI=1S/C23H19F3N6O2/c24-23(25,26)17-11-20(27)29-13-16(17)19-12-21(31-22(30-19)32-6-8-33-9-7-32)34-15-3-4-18-14(10-15)2-1-5-28-18/h1-5,10-13H,6-9H2,(H2,27,29). The fourth-order valence-electron chi connectivity index (χ4n) is 3.66. The molecule has 5 rings (SSSR count). The van der Waals surface area contributed by atoms with Crippen LogP contribution in [0.15, 0.2) is 54.9 Å². The number of ether oxygens (including phenoxy) is 2. The van der Waals surface area contributed by atoms with Gasteiger partial charge in [0, 0.05) is 42.5 Å². The summed E-state index contributed by atoms with van der Waals surface area (Å²) in [6.07, 6.45) is -1.90. The first kappa shape index (κ1) is 21.8. The molecule has 8 nitrogen and oxygen atoms in total. The number of anilines is 2. The Kier molecular flexibility index (Phi) is 5.62. The predicted molar refractivity (Wildman–Crippen MR) is 120 cm³/mol. The number of pyridine rings is 2. The average molecular weight is 468 g/mol. The van der Waals surface area contributed by atoms with E-state index in [2.05, 4.69) is 19.9 Å². The minimum absolute atomic E-state index is 0.0220. The van der Waals surface area contributed by atoms with Crippen molar-refractivity contribution in [2.75, 3.05) is 36.9 Å². The second-order valence-electron chi connectivity index (χ2n) is 7.60. The maximum Gasteiger partial charge on any atom is 0.417 e. The molecule has 0 unspecified atom stereocenters. The van der Waals surface area contributed by atoms with Gasteiger partial charge >= 0.3 is 6.18 Å². The summed E-state index contributed by atoms with van der Waals surface area (Å²) in [6.45, 7) is 1.91. The number of nitrogens with zero attached hydrogens (tertiary/aromatic N) is 5. The van der Waals surface area contributed by atoms with Crippen molar-refractivity contribution in [2.24, 2.45) is 0 Å². The van der Waals surface area contributed by atoms with Crippen LogP contribution in [0, 0.1) is 0 Å². The Balaban J connectivity index is 1.60. The van der Waals surface area contributed by atoms with Crippen LogP contribution in [0.25, 0.3) is 22.2 Å². The molecule has 1 aliphatic heterocycles. The molecule has 0 bridgehead atoms. The molecule has 1 fully saturated rings. The smallest absolute Gasteiger partial charge is 0.417 e. The van der Waals surface area contributed by atoms with Gasteiger partial charge < -0.3 is 20.1 Å². The van der Waals surface area contributed by atoms with Gasteiger partial charge in [0.05, 0.1) is 30.0 Å². The van der Waals surface area contributed by atoms with Crippen molar-refractivity contribution in [1.29, 1.82) is 0 Å². The number of fused-ring (bicyclic) bond motifs is 1. The topological polar surface area (TPSA) is 99.3 Å². The van der Waals surface area contributed by atoms with E-state index in [4.69, 9.17) is 15.2 Å². The quantitative estimate of drug-likeness (QED) is 0.473.